The van der Waals surface area contributed by atoms with Gasteiger partial charge in [0.2, 0.25) is 5.60 Å². The quantitative estimate of drug-likeness (QED) is 0.147. The van der Waals surface area contributed by atoms with E-state index < -0.39 is 40.3 Å². The second kappa shape index (κ2) is 9.24. The molecule has 198 valence electrons. The van der Waals surface area contributed by atoms with Crippen LogP contribution in [-0.4, -0.2) is 47.4 Å². The standard InChI is InChI=1S/C24H26N4O6.C2H7N/c1-9(2)13(25)8-28(27)14-3-4-15(29)18-12(14)6-10-5-11-7-16(30)19(23(26)33)21(32)24(11)22(34-24)17(10)20(18)31;1-3-2/h3-4,8-11,29,32H,5-7,25,27H2,1-2H3,(H2,26,33);3H,1-2H3/b13-8-;/t10?,11-,24+;/m0./s1. The first-order chi connectivity index (χ1) is 17.4. The van der Waals surface area contributed by atoms with Gasteiger partial charge in [-0.05, 0) is 56.5 Å². The Hall–Kier alpha value is -3.83. The highest BCUT2D eigenvalue weighted by molar-refractivity contribution is 6.21. The lowest BCUT2D eigenvalue weighted by Crippen LogP contribution is -2.43. The number of hydrogen-bond acceptors (Lipinski definition) is 10. The fourth-order valence-corrected chi connectivity index (χ4v) is 5.51. The van der Waals surface area contributed by atoms with E-state index in [1.165, 1.54) is 11.1 Å². The van der Waals surface area contributed by atoms with Crippen molar-refractivity contribution in [1.29, 1.82) is 0 Å². The number of hydrazine groups is 1. The Labute approximate surface area is 214 Å². The van der Waals surface area contributed by atoms with Gasteiger partial charge in [0.1, 0.15) is 11.3 Å². The summed E-state index contributed by atoms with van der Waals surface area (Å²) in [7, 11) is 3.75. The maximum absolute atomic E-state index is 13.6. The third kappa shape index (κ3) is 3.94. The topological polar surface area (TPSA) is 198 Å². The summed E-state index contributed by atoms with van der Waals surface area (Å²) in [6, 6.07) is 3.02. The van der Waals surface area contributed by atoms with Gasteiger partial charge in [0.05, 0.1) is 11.3 Å². The van der Waals surface area contributed by atoms with Crippen molar-refractivity contribution in [3.8, 4) is 5.75 Å². The number of aliphatic hydroxyl groups is 1. The summed E-state index contributed by atoms with van der Waals surface area (Å²) in [6.45, 7) is 3.85. The molecule has 1 heterocycles. The van der Waals surface area contributed by atoms with E-state index in [4.69, 9.17) is 22.0 Å². The molecule has 4 aliphatic rings. The van der Waals surface area contributed by atoms with E-state index in [0.717, 1.165) is 0 Å². The number of hydrogen-bond donors (Lipinski definition) is 6. The highest BCUT2D eigenvalue weighted by Gasteiger charge is 2.71. The first kappa shape index (κ1) is 26.2. The largest absolute Gasteiger partial charge is 0.507 e. The smallest absolute Gasteiger partial charge is 0.255 e. The molecule has 1 saturated heterocycles. The lowest BCUT2D eigenvalue weighted by atomic mass is 9.63. The number of nitrogens with one attached hydrogen (secondary N) is 1. The van der Waals surface area contributed by atoms with Crippen molar-refractivity contribution in [3.63, 3.8) is 0 Å². The number of epoxide rings is 1. The number of allylic oxidation sites excluding steroid dienone is 2. The zero-order valence-electron chi connectivity index (χ0n) is 21.3. The third-order valence-corrected chi connectivity index (χ3v) is 7.32. The molecule has 11 nitrogen and oxygen atoms in total. The van der Waals surface area contributed by atoms with Gasteiger partial charge < -0.3 is 31.7 Å². The van der Waals surface area contributed by atoms with Crippen molar-refractivity contribution >= 4 is 23.2 Å². The van der Waals surface area contributed by atoms with Gasteiger partial charge in [0.25, 0.3) is 5.91 Å². The second-order valence-corrected chi connectivity index (χ2v) is 10.1. The molecule has 9 N–H and O–H groups in total. The van der Waals surface area contributed by atoms with Gasteiger partial charge in [-0.2, -0.15) is 0 Å². The van der Waals surface area contributed by atoms with Gasteiger partial charge >= 0.3 is 0 Å². The van der Waals surface area contributed by atoms with Crippen LogP contribution in [-0.2, 0) is 20.7 Å². The van der Waals surface area contributed by atoms with Crippen LogP contribution in [0.3, 0.4) is 0 Å². The average molecular weight is 512 g/mol. The molecule has 3 atom stereocenters. The first-order valence-electron chi connectivity index (χ1n) is 12.1. The number of Topliss-reactive ketones (excluding diaryl/α,β-unsaturated/α-hetero) is 2. The number of benzene rings is 1. The van der Waals surface area contributed by atoms with Gasteiger partial charge in [-0.15, -0.1) is 0 Å². The Morgan fingerprint density at radius 3 is 2.46 bits per heavy atom. The Morgan fingerprint density at radius 2 is 1.86 bits per heavy atom. The molecule has 1 aliphatic heterocycles. The predicted octanol–water partition coefficient (Wildman–Crippen LogP) is 1.03. The number of carbonyl (C=O) groups excluding carboxylic acids is 3. The molecule has 1 fully saturated rings. The summed E-state index contributed by atoms with van der Waals surface area (Å²) >= 11 is 0. The Kier molecular flexibility index (Phi) is 6.55. The van der Waals surface area contributed by atoms with Gasteiger partial charge in [0, 0.05) is 29.8 Å². The normalized spacial score (nSPS) is 25.8. The SMILES string of the molecule is CC(C)/C(N)=C/N(N)c1ccc(O)c2c1CC1C[C@H]3CC(=O)C(C(N)=O)=C(O)[C@]34OC4=C1C2=O.CNC. The molecule has 0 aromatic heterocycles. The van der Waals surface area contributed by atoms with E-state index in [2.05, 4.69) is 5.32 Å². The Bertz CT molecular complexity index is 1300. The number of carbonyl (C=O) groups is 3. The molecule has 1 aromatic carbocycles. The molecular weight excluding hydrogens is 478 g/mol. The van der Waals surface area contributed by atoms with Crippen molar-refractivity contribution in [3.05, 3.63) is 57.8 Å². The van der Waals surface area contributed by atoms with Crippen molar-refractivity contribution in [2.24, 2.45) is 35.1 Å². The number of phenolic OH excluding ortho intramolecular Hbond substituents is 1. The second-order valence-electron chi connectivity index (χ2n) is 10.1. The zero-order chi connectivity index (χ0) is 27.4. The molecule has 1 amide bonds. The van der Waals surface area contributed by atoms with Gasteiger partial charge in [0.15, 0.2) is 23.1 Å². The molecule has 11 heteroatoms. The number of anilines is 1. The van der Waals surface area contributed by atoms with Crippen LogP contribution in [0.2, 0.25) is 0 Å². The van der Waals surface area contributed by atoms with Crippen molar-refractivity contribution in [2.75, 3.05) is 19.1 Å². The van der Waals surface area contributed by atoms with Crippen LogP contribution in [0, 0.1) is 17.8 Å². The minimum Gasteiger partial charge on any atom is -0.507 e. The number of ketones is 2. The monoisotopic (exact) mass is 511 g/mol. The van der Waals surface area contributed by atoms with Crippen LogP contribution >= 0.6 is 0 Å². The van der Waals surface area contributed by atoms with Gasteiger partial charge in [-0.3, -0.25) is 19.4 Å². The van der Waals surface area contributed by atoms with E-state index in [9.17, 15) is 24.6 Å². The van der Waals surface area contributed by atoms with Crippen LogP contribution in [0.5, 0.6) is 5.75 Å². The third-order valence-electron chi connectivity index (χ3n) is 7.32. The summed E-state index contributed by atoms with van der Waals surface area (Å²) in [5.74, 6) is 3.09. The molecule has 0 radical (unpaired) electrons. The lowest BCUT2D eigenvalue weighted by molar-refractivity contribution is -0.123. The summed E-state index contributed by atoms with van der Waals surface area (Å²) in [6.07, 6.45) is 2.29. The maximum Gasteiger partial charge on any atom is 0.255 e. The van der Waals surface area contributed by atoms with Crippen LogP contribution in [0.15, 0.2) is 46.7 Å². The fraction of sp³-hybridized carbons (Fsp3) is 0.423. The number of nitrogens with zero attached hydrogens (tertiary/aromatic N) is 1. The fourth-order valence-electron chi connectivity index (χ4n) is 5.51. The molecule has 3 aliphatic carbocycles. The molecule has 0 bridgehead atoms. The predicted molar refractivity (Wildman–Crippen MR) is 136 cm³/mol. The number of nitrogens with two attached hydrogens (primary N) is 3. The van der Waals surface area contributed by atoms with E-state index >= 15 is 0 Å². The Balaban J connectivity index is 0.00000102. The zero-order valence-corrected chi connectivity index (χ0v) is 21.3. The number of ether oxygens (including phenoxy) is 1. The van der Waals surface area contributed by atoms with Crippen LogP contribution in [0.4, 0.5) is 5.69 Å². The van der Waals surface area contributed by atoms with Gasteiger partial charge in [-0.25, -0.2) is 5.84 Å². The highest BCUT2D eigenvalue weighted by atomic mass is 16.6. The number of primary amides is 1. The van der Waals surface area contributed by atoms with Crippen molar-refractivity contribution in [2.45, 2.75) is 38.7 Å². The minimum absolute atomic E-state index is 0.0275. The molecule has 1 spiro atoms. The number of rotatable bonds is 4. The maximum atomic E-state index is 13.6. The van der Waals surface area contributed by atoms with Crippen molar-refractivity contribution in [1.82, 2.24) is 5.32 Å². The number of aromatic hydroxyl groups is 1. The highest BCUT2D eigenvalue weighted by Crippen LogP contribution is 2.64. The summed E-state index contributed by atoms with van der Waals surface area (Å²) in [5, 5.41) is 25.4. The van der Waals surface area contributed by atoms with E-state index in [1.54, 1.807) is 12.3 Å². The molecule has 5 rings (SSSR count). The number of aliphatic hydroxyl groups excluding tert-OH is 1. The minimum atomic E-state index is -1.38. The molecule has 37 heavy (non-hydrogen) atoms. The summed E-state index contributed by atoms with van der Waals surface area (Å²) in [4.78, 5) is 37.9. The number of amides is 1. The lowest BCUT2D eigenvalue weighted by Gasteiger charge is -2.36. The molecular formula is C26H33N5O6. The van der Waals surface area contributed by atoms with Crippen LogP contribution in [0.25, 0.3) is 0 Å². The molecule has 1 unspecified atom stereocenters. The summed E-state index contributed by atoms with van der Waals surface area (Å²) in [5.41, 5.74) is 11.6. The van der Waals surface area contributed by atoms with E-state index in [-0.39, 0.29) is 35.3 Å². The van der Waals surface area contributed by atoms with E-state index in [0.29, 0.717) is 35.4 Å². The summed E-state index contributed by atoms with van der Waals surface area (Å²) < 4.78 is 5.81. The van der Waals surface area contributed by atoms with E-state index in [1.807, 2.05) is 27.9 Å². The number of phenols is 1. The molecule has 0 saturated carbocycles. The first-order valence-corrected chi connectivity index (χ1v) is 12.1. The van der Waals surface area contributed by atoms with Gasteiger partial charge in [-0.1, -0.05) is 13.8 Å². The van der Waals surface area contributed by atoms with Crippen molar-refractivity contribution < 1.29 is 29.3 Å². The average Bonchev–Trinajstić information content (AvgIpc) is 3.55. The Morgan fingerprint density at radius 1 is 1.22 bits per heavy atom. The van der Waals surface area contributed by atoms with Crippen LogP contribution in [0.1, 0.15) is 42.6 Å². The molecule has 1 aromatic rings. The van der Waals surface area contributed by atoms with Crippen LogP contribution < -0.4 is 27.6 Å². The number of fused-ring (bicyclic) bond motifs is 2.